The largest absolute Gasteiger partial charge is 0.497 e. The van der Waals surface area contributed by atoms with Crippen molar-refractivity contribution < 1.29 is 13.2 Å². The molecule has 3 aromatic carbocycles. The Morgan fingerprint density at radius 1 is 0.931 bits per heavy atom. The van der Waals surface area contributed by atoms with Crippen LogP contribution in [0.2, 0.25) is 0 Å². The van der Waals surface area contributed by atoms with Crippen molar-refractivity contribution in [2.24, 2.45) is 0 Å². The number of aryl methyl sites for hydroxylation is 1. The molecule has 0 saturated heterocycles. The third-order valence-electron chi connectivity index (χ3n) is 4.99. The van der Waals surface area contributed by atoms with E-state index in [9.17, 15) is 8.42 Å². The second kappa shape index (κ2) is 7.73. The van der Waals surface area contributed by atoms with Crippen LogP contribution in [0.1, 0.15) is 22.7 Å². The van der Waals surface area contributed by atoms with Gasteiger partial charge in [0.25, 0.3) is 0 Å². The van der Waals surface area contributed by atoms with Gasteiger partial charge in [-0.25, -0.2) is 8.42 Å². The van der Waals surface area contributed by atoms with Gasteiger partial charge in [0.2, 0.25) is 10.0 Å². The Balaban J connectivity index is 1.80. The van der Waals surface area contributed by atoms with Crippen molar-refractivity contribution in [1.82, 2.24) is 9.71 Å². The van der Waals surface area contributed by atoms with E-state index in [4.69, 9.17) is 4.74 Å². The number of benzene rings is 3. The number of hydrogen-bond donors (Lipinski definition) is 2. The summed E-state index contributed by atoms with van der Waals surface area (Å²) in [5.74, 6) is 0.716. The van der Waals surface area contributed by atoms with Crippen LogP contribution in [0.15, 0.2) is 83.9 Å². The number of ether oxygens (including phenoxy) is 1. The second-order valence-electron chi connectivity index (χ2n) is 6.93. The molecule has 6 heteroatoms. The molecule has 0 aliphatic carbocycles. The van der Waals surface area contributed by atoms with E-state index in [1.807, 2.05) is 61.7 Å². The minimum Gasteiger partial charge on any atom is -0.497 e. The predicted octanol–water partition coefficient (Wildman–Crippen LogP) is 4.55. The van der Waals surface area contributed by atoms with Gasteiger partial charge in [-0.1, -0.05) is 48.0 Å². The standard InChI is InChI=1S/C23H22N2O3S/c1-16-7-13-19(14-8-16)29(26,27)25-23(17-9-11-18(28-2)12-10-17)21-15-24-22-6-4-3-5-20(21)22/h3-15,23-25H,1-2H3. The lowest BCUT2D eigenvalue weighted by molar-refractivity contribution is 0.414. The minimum absolute atomic E-state index is 0.237. The summed E-state index contributed by atoms with van der Waals surface area (Å²) < 4.78 is 34.4. The summed E-state index contributed by atoms with van der Waals surface area (Å²) in [7, 11) is -2.13. The van der Waals surface area contributed by atoms with Crippen LogP contribution in [0.4, 0.5) is 0 Å². The Bertz CT molecular complexity index is 1230. The van der Waals surface area contributed by atoms with Crippen LogP contribution in [0.3, 0.4) is 0 Å². The Morgan fingerprint density at radius 2 is 1.62 bits per heavy atom. The summed E-state index contributed by atoms with van der Waals surface area (Å²) in [5, 5.41) is 0.972. The molecule has 148 valence electrons. The van der Waals surface area contributed by atoms with Crippen LogP contribution in [-0.4, -0.2) is 20.5 Å². The molecular formula is C23H22N2O3S. The Morgan fingerprint density at radius 3 is 2.31 bits per heavy atom. The summed E-state index contributed by atoms with van der Waals surface area (Å²) in [4.78, 5) is 3.47. The fourth-order valence-corrected chi connectivity index (χ4v) is 4.58. The molecule has 2 N–H and O–H groups in total. The number of para-hydroxylation sites is 1. The number of methoxy groups -OCH3 is 1. The molecule has 1 heterocycles. The van der Waals surface area contributed by atoms with Gasteiger partial charge >= 0.3 is 0 Å². The lowest BCUT2D eigenvalue weighted by Gasteiger charge is -2.20. The number of aromatic nitrogens is 1. The van der Waals surface area contributed by atoms with Gasteiger partial charge in [-0.05, 0) is 48.4 Å². The molecule has 0 radical (unpaired) electrons. The maximum atomic E-state index is 13.1. The minimum atomic E-state index is -3.73. The van der Waals surface area contributed by atoms with Crippen molar-refractivity contribution in [3.05, 3.63) is 95.7 Å². The highest BCUT2D eigenvalue weighted by atomic mass is 32.2. The molecule has 0 amide bonds. The number of fused-ring (bicyclic) bond motifs is 1. The maximum absolute atomic E-state index is 13.1. The molecule has 0 fully saturated rings. The smallest absolute Gasteiger partial charge is 0.241 e. The third kappa shape index (κ3) is 3.90. The molecule has 0 spiro atoms. The monoisotopic (exact) mass is 406 g/mol. The van der Waals surface area contributed by atoms with E-state index >= 15 is 0 Å². The lowest BCUT2D eigenvalue weighted by Crippen LogP contribution is -2.29. The van der Waals surface area contributed by atoms with E-state index in [2.05, 4.69) is 9.71 Å². The molecule has 4 aromatic rings. The molecule has 0 bridgehead atoms. The Kier molecular flexibility index (Phi) is 5.13. The summed E-state index contributed by atoms with van der Waals surface area (Å²) in [6.45, 7) is 1.93. The van der Waals surface area contributed by atoms with Gasteiger partial charge in [0.15, 0.2) is 0 Å². The fraction of sp³-hybridized carbons (Fsp3) is 0.130. The van der Waals surface area contributed by atoms with E-state index in [0.29, 0.717) is 5.75 Å². The van der Waals surface area contributed by atoms with E-state index in [1.54, 1.807) is 31.4 Å². The third-order valence-corrected chi connectivity index (χ3v) is 6.42. The van der Waals surface area contributed by atoms with Crippen LogP contribution in [0, 0.1) is 6.92 Å². The van der Waals surface area contributed by atoms with Gasteiger partial charge in [0, 0.05) is 17.1 Å². The Hall–Kier alpha value is -3.09. The molecule has 29 heavy (non-hydrogen) atoms. The van der Waals surface area contributed by atoms with Gasteiger partial charge in [-0.15, -0.1) is 0 Å². The van der Waals surface area contributed by atoms with Crippen molar-refractivity contribution in [3.8, 4) is 5.75 Å². The van der Waals surface area contributed by atoms with Crippen LogP contribution in [0.5, 0.6) is 5.75 Å². The number of rotatable bonds is 6. The highest BCUT2D eigenvalue weighted by Gasteiger charge is 2.25. The average Bonchev–Trinajstić information content (AvgIpc) is 3.16. The molecular weight excluding hydrogens is 384 g/mol. The number of hydrogen-bond acceptors (Lipinski definition) is 3. The Labute approximate surface area is 170 Å². The first-order valence-electron chi connectivity index (χ1n) is 9.27. The van der Waals surface area contributed by atoms with Crippen LogP contribution < -0.4 is 9.46 Å². The number of H-pyrrole nitrogens is 1. The van der Waals surface area contributed by atoms with E-state index in [-0.39, 0.29) is 4.90 Å². The SMILES string of the molecule is COc1ccc(C(NS(=O)(=O)c2ccc(C)cc2)c2c[nH]c3ccccc23)cc1. The van der Waals surface area contributed by atoms with E-state index in [0.717, 1.165) is 27.6 Å². The topological polar surface area (TPSA) is 71.2 Å². The van der Waals surface area contributed by atoms with Gasteiger partial charge in [0.05, 0.1) is 18.0 Å². The zero-order valence-corrected chi connectivity index (χ0v) is 17.0. The normalized spacial score (nSPS) is 12.8. The summed E-state index contributed by atoms with van der Waals surface area (Å²) in [6.07, 6.45) is 1.86. The first-order valence-corrected chi connectivity index (χ1v) is 10.8. The predicted molar refractivity (Wildman–Crippen MR) is 115 cm³/mol. The van der Waals surface area contributed by atoms with Crippen LogP contribution >= 0.6 is 0 Å². The summed E-state index contributed by atoms with van der Waals surface area (Å²) >= 11 is 0. The van der Waals surface area contributed by atoms with Gasteiger partial charge in [0.1, 0.15) is 5.75 Å². The fourth-order valence-electron chi connectivity index (χ4n) is 3.38. The molecule has 0 aliphatic rings. The quantitative estimate of drug-likeness (QED) is 0.493. The van der Waals surface area contributed by atoms with Crippen molar-refractivity contribution >= 4 is 20.9 Å². The maximum Gasteiger partial charge on any atom is 0.241 e. The zero-order valence-electron chi connectivity index (χ0n) is 16.2. The van der Waals surface area contributed by atoms with Gasteiger partial charge in [-0.2, -0.15) is 4.72 Å². The molecule has 1 unspecified atom stereocenters. The second-order valence-corrected chi connectivity index (χ2v) is 8.64. The summed E-state index contributed by atoms with van der Waals surface area (Å²) in [6, 6.07) is 21.5. The lowest BCUT2D eigenvalue weighted by atomic mass is 9.99. The average molecular weight is 407 g/mol. The van der Waals surface area contributed by atoms with Crippen LogP contribution in [-0.2, 0) is 10.0 Å². The van der Waals surface area contributed by atoms with Crippen LogP contribution in [0.25, 0.3) is 10.9 Å². The molecule has 1 atom stereocenters. The van der Waals surface area contributed by atoms with E-state index in [1.165, 1.54) is 0 Å². The van der Waals surface area contributed by atoms with Gasteiger partial charge in [-0.3, -0.25) is 0 Å². The molecule has 4 rings (SSSR count). The first kappa shape index (κ1) is 19.2. The van der Waals surface area contributed by atoms with Crippen molar-refractivity contribution in [2.75, 3.05) is 7.11 Å². The molecule has 0 saturated carbocycles. The zero-order chi connectivity index (χ0) is 20.4. The van der Waals surface area contributed by atoms with Crippen molar-refractivity contribution in [3.63, 3.8) is 0 Å². The van der Waals surface area contributed by atoms with Gasteiger partial charge < -0.3 is 9.72 Å². The molecule has 5 nitrogen and oxygen atoms in total. The van der Waals surface area contributed by atoms with Crippen molar-refractivity contribution in [1.29, 1.82) is 0 Å². The first-order chi connectivity index (χ1) is 14.0. The van der Waals surface area contributed by atoms with E-state index < -0.39 is 16.1 Å². The molecule has 1 aromatic heterocycles. The number of sulfonamides is 1. The number of nitrogens with one attached hydrogen (secondary N) is 2. The molecule has 0 aliphatic heterocycles. The van der Waals surface area contributed by atoms with Crippen molar-refractivity contribution in [2.45, 2.75) is 17.9 Å². The highest BCUT2D eigenvalue weighted by Crippen LogP contribution is 2.31. The highest BCUT2D eigenvalue weighted by molar-refractivity contribution is 7.89. The summed E-state index contributed by atoms with van der Waals surface area (Å²) in [5.41, 5.74) is 3.65. The number of aromatic amines is 1.